The van der Waals surface area contributed by atoms with Crippen molar-refractivity contribution in [3.8, 4) is 0 Å². The van der Waals surface area contributed by atoms with Crippen LogP contribution in [0.5, 0.6) is 0 Å². The molecule has 2 N–H and O–H groups in total. The summed E-state index contributed by atoms with van der Waals surface area (Å²) in [6.07, 6.45) is -7.35. The first kappa shape index (κ1) is 15.8. The van der Waals surface area contributed by atoms with Crippen molar-refractivity contribution in [2.24, 2.45) is 5.11 Å². The summed E-state index contributed by atoms with van der Waals surface area (Å²) in [5.41, 5.74) is 7.28. The van der Waals surface area contributed by atoms with E-state index in [1.165, 1.54) is 0 Å². The number of halogens is 4. The van der Waals surface area contributed by atoms with Gasteiger partial charge >= 0.3 is 6.18 Å². The fraction of sp³-hybridized carbons (Fsp3) is 0.400. The van der Waals surface area contributed by atoms with Gasteiger partial charge in [0, 0.05) is 9.38 Å². The summed E-state index contributed by atoms with van der Waals surface area (Å²) < 4.78 is 37.3. The maximum absolute atomic E-state index is 12.4. The molecule has 0 fully saturated rings. The molecule has 9 heteroatoms. The Labute approximate surface area is 114 Å². The van der Waals surface area contributed by atoms with E-state index in [0.717, 1.165) is 18.2 Å². The third-order valence-corrected chi connectivity index (χ3v) is 3.03. The standard InChI is InChI=1S/C10H9BrF3N3O2/c11-7-3-5(10(12,13)14)1-2-6(7)9(19)8(18)4-16-17-15/h1-3,8-9,18-19H,4H2. The molecule has 1 aromatic carbocycles. The first-order valence-corrected chi connectivity index (χ1v) is 5.80. The van der Waals surface area contributed by atoms with E-state index in [9.17, 15) is 23.4 Å². The number of benzene rings is 1. The molecule has 0 heterocycles. The number of hydrogen-bond donors (Lipinski definition) is 2. The topological polar surface area (TPSA) is 89.2 Å². The zero-order chi connectivity index (χ0) is 14.6. The maximum atomic E-state index is 12.4. The van der Waals surface area contributed by atoms with Crippen LogP contribution in [-0.4, -0.2) is 22.9 Å². The Hall–Kier alpha value is -1.28. The second-order valence-corrected chi connectivity index (χ2v) is 4.51. The third-order valence-electron chi connectivity index (χ3n) is 2.34. The van der Waals surface area contributed by atoms with Crippen LogP contribution in [0, 0.1) is 0 Å². The first-order valence-electron chi connectivity index (χ1n) is 5.01. The summed E-state index contributed by atoms with van der Waals surface area (Å²) in [5.74, 6) is 0. The first-order chi connectivity index (χ1) is 8.77. The normalized spacial score (nSPS) is 14.6. The van der Waals surface area contributed by atoms with Gasteiger partial charge in [0.2, 0.25) is 0 Å². The predicted octanol–water partition coefficient (Wildman–Crippen LogP) is 3.17. The highest BCUT2D eigenvalue weighted by molar-refractivity contribution is 9.10. The number of hydrogen-bond acceptors (Lipinski definition) is 3. The Balaban J connectivity index is 2.99. The van der Waals surface area contributed by atoms with Crippen molar-refractivity contribution >= 4 is 15.9 Å². The molecular formula is C10H9BrF3N3O2. The molecule has 1 aromatic rings. The highest BCUT2D eigenvalue weighted by atomic mass is 79.9. The molecule has 0 aliphatic rings. The minimum Gasteiger partial charge on any atom is -0.390 e. The number of alkyl halides is 3. The van der Waals surface area contributed by atoms with Gasteiger partial charge in [0.25, 0.3) is 0 Å². The van der Waals surface area contributed by atoms with Gasteiger partial charge in [0.1, 0.15) is 6.10 Å². The van der Waals surface area contributed by atoms with Crippen molar-refractivity contribution < 1.29 is 23.4 Å². The van der Waals surface area contributed by atoms with E-state index >= 15 is 0 Å². The summed E-state index contributed by atoms with van der Waals surface area (Å²) in [5, 5.41) is 22.3. The lowest BCUT2D eigenvalue weighted by molar-refractivity contribution is -0.137. The highest BCUT2D eigenvalue weighted by Gasteiger charge is 2.31. The van der Waals surface area contributed by atoms with E-state index < -0.39 is 23.9 Å². The summed E-state index contributed by atoms with van der Waals surface area (Å²) in [6, 6.07) is 2.65. The summed E-state index contributed by atoms with van der Waals surface area (Å²) in [4.78, 5) is 2.41. The Morgan fingerprint density at radius 1 is 1.37 bits per heavy atom. The molecule has 0 bridgehead atoms. The van der Waals surface area contributed by atoms with Crippen molar-refractivity contribution in [1.29, 1.82) is 0 Å². The van der Waals surface area contributed by atoms with Gasteiger partial charge in [-0.15, -0.1) is 0 Å². The van der Waals surface area contributed by atoms with Gasteiger partial charge in [-0.1, -0.05) is 27.1 Å². The lowest BCUT2D eigenvalue weighted by Crippen LogP contribution is -2.21. The van der Waals surface area contributed by atoms with E-state index in [1.54, 1.807) is 0 Å². The minimum atomic E-state index is -4.49. The molecule has 0 aliphatic carbocycles. The molecule has 0 amide bonds. The monoisotopic (exact) mass is 339 g/mol. The van der Waals surface area contributed by atoms with Gasteiger partial charge < -0.3 is 10.2 Å². The molecule has 1 rings (SSSR count). The van der Waals surface area contributed by atoms with Crippen molar-refractivity contribution in [3.05, 3.63) is 44.2 Å². The van der Waals surface area contributed by atoms with Gasteiger partial charge in [-0.2, -0.15) is 13.2 Å². The molecule has 0 aliphatic heterocycles. The lowest BCUT2D eigenvalue weighted by Gasteiger charge is -2.18. The molecule has 2 atom stereocenters. The van der Waals surface area contributed by atoms with E-state index in [0.29, 0.717) is 0 Å². The zero-order valence-electron chi connectivity index (χ0n) is 9.34. The van der Waals surface area contributed by atoms with Crippen LogP contribution >= 0.6 is 15.9 Å². The van der Waals surface area contributed by atoms with E-state index in [4.69, 9.17) is 5.53 Å². The number of nitrogens with zero attached hydrogens (tertiary/aromatic N) is 3. The van der Waals surface area contributed by atoms with Crippen molar-refractivity contribution in [2.75, 3.05) is 6.54 Å². The Morgan fingerprint density at radius 3 is 2.47 bits per heavy atom. The van der Waals surface area contributed by atoms with Crippen LogP contribution in [0.2, 0.25) is 0 Å². The fourth-order valence-corrected chi connectivity index (χ4v) is 1.98. The molecule has 0 spiro atoms. The Kier molecular flexibility index (Phi) is 5.19. The minimum absolute atomic E-state index is 0.00909. The fourth-order valence-electron chi connectivity index (χ4n) is 1.37. The zero-order valence-corrected chi connectivity index (χ0v) is 10.9. The summed E-state index contributed by atoms with van der Waals surface area (Å²) >= 11 is 2.90. The molecule has 0 saturated carbocycles. The predicted molar refractivity (Wildman–Crippen MR) is 64.1 cm³/mol. The van der Waals surface area contributed by atoms with Gasteiger partial charge in [0.15, 0.2) is 0 Å². The summed E-state index contributed by atoms with van der Waals surface area (Å²) in [7, 11) is 0. The van der Waals surface area contributed by atoms with Crippen LogP contribution in [0.4, 0.5) is 13.2 Å². The van der Waals surface area contributed by atoms with Gasteiger partial charge in [-0.25, -0.2) is 0 Å². The van der Waals surface area contributed by atoms with E-state index in [-0.39, 0.29) is 16.6 Å². The average molecular weight is 340 g/mol. The largest absolute Gasteiger partial charge is 0.416 e. The van der Waals surface area contributed by atoms with Crippen molar-refractivity contribution in [3.63, 3.8) is 0 Å². The van der Waals surface area contributed by atoms with Crippen LogP contribution in [0.15, 0.2) is 27.8 Å². The van der Waals surface area contributed by atoms with Gasteiger partial charge in [-0.3, -0.25) is 0 Å². The SMILES string of the molecule is [N-]=[N+]=NCC(O)C(O)c1ccc(C(F)(F)F)cc1Br. The van der Waals surface area contributed by atoms with Crippen molar-refractivity contribution in [2.45, 2.75) is 18.4 Å². The van der Waals surface area contributed by atoms with E-state index in [1.807, 2.05) is 0 Å². The number of rotatable bonds is 4. The maximum Gasteiger partial charge on any atom is 0.416 e. The summed E-state index contributed by atoms with van der Waals surface area (Å²) in [6.45, 7) is -0.384. The smallest absolute Gasteiger partial charge is 0.390 e. The van der Waals surface area contributed by atoms with Gasteiger partial charge in [0.05, 0.1) is 18.2 Å². The number of aliphatic hydroxyl groups excluding tert-OH is 2. The molecule has 5 nitrogen and oxygen atoms in total. The van der Waals surface area contributed by atoms with Crippen LogP contribution in [-0.2, 0) is 6.18 Å². The van der Waals surface area contributed by atoms with Crippen LogP contribution < -0.4 is 0 Å². The van der Waals surface area contributed by atoms with Crippen LogP contribution in [0.25, 0.3) is 10.4 Å². The third kappa shape index (κ3) is 4.10. The highest BCUT2D eigenvalue weighted by Crippen LogP contribution is 2.34. The number of aliphatic hydroxyl groups is 2. The second kappa shape index (κ2) is 6.25. The quantitative estimate of drug-likeness (QED) is 0.501. The van der Waals surface area contributed by atoms with Crippen molar-refractivity contribution in [1.82, 2.24) is 0 Å². The molecule has 0 radical (unpaired) electrons. The molecule has 19 heavy (non-hydrogen) atoms. The molecule has 104 valence electrons. The Morgan fingerprint density at radius 2 is 2.00 bits per heavy atom. The Bertz CT molecular complexity index is 503. The molecule has 0 aromatic heterocycles. The lowest BCUT2D eigenvalue weighted by atomic mass is 10.0. The van der Waals surface area contributed by atoms with Crippen LogP contribution in [0.1, 0.15) is 17.2 Å². The van der Waals surface area contributed by atoms with Crippen LogP contribution in [0.3, 0.4) is 0 Å². The molecular weight excluding hydrogens is 331 g/mol. The second-order valence-electron chi connectivity index (χ2n) is 3.66. The molecule has 0 saturated heterocycles. The van der Waals surface area contributed by atoms with E-state index in [2.05, 4.69) is 26.0 Å². The van der Waals surface area contributed by atoms with Gasteiger partial charge in [-0.05, 0) is 23.2 Å². The average Bonchev–Trinajstić information content (AvgIpc) is 2.33. The molecule has 2 unspecified atom stereocenters. The number of azide groups is 1.